The van der Waals surface area contributed by atoms with Crippen LogP contribution in [0.15, 0.2) is 24.3 Å². The highest BCUT2D eigenvalue weighted by Gasteiger charge is 2.14. The predicted molar refractivity (Wildman–Crippen MR) is 67.2 cm³/mol. The fourth-order valence-electron chi connectivity index (χ4n) is 2.11. The summed E-state index contributed by atoms with van der Waals surface area (Å²) in [7, 11) is 0. The lowest BCUT2D eigenvalue weighted by atomic mass is 10.1. The second-order valence-corrected chi connectivity index (χ2v) is 4.26. The first-order valence-electron chi connectivity index (χ1n) is 6.17. The molecule has 1 N–H and O–H groups in total. The van der Waals surface area contributed by atoms with E-state index in [0.29, 0.717) is 13.2 Å². The largest absolute Gasteiger partial charge is 0.374 e. The van der Waals surface area contributed by atoms with Crippen molar-refractivity contribution in [2.24, 2.45) is 0 Å². The van der Waals surface area contributed by atoms with E-state index in [1.165, 1.54) is 11.3 Å². The highest BCUT2D eigenvalue weighted by Crippen LogP contribution is 2.21. The molecule has 1 aliphatic heterocycles. The van der Waals surface area contributed by atoms with Crippen LogP contribution in [0.2, 0.25) is 0 Å². The number of ether oxygens (including phenoxy) is 1. The molecule has 0 atom stereocenters. The van der Waals surface area contributed by atoms with E-state index in [2.05, 4.69) is 22.3 Å². The highest BCUT2D eigenvalue weighted by molar-refractivity contribution is 5.54. The number of halogens is 2. The zero-order valence-corrected chi connectivity index (χ0v) is 10.2. The molecule has 0 saturated carbocycles. The molecule has 0 fully saturated rings. The summed E-state index contributed by atoms with van der Waals surface area (Å²) in [6.45, 7) is 3.11. The molecule has 0 amide bonds. The molecule has 1 heterocycles. The maximum Gasteiger partial charge on any atom is 0.261 e. The van der Waals surface area contributed by atoms with Crippen LogP contribution in [0.1, 0.15) is 5.56 Å². The maximum absolute atomic E-state index is 12.0. The number of nitrogens with one attached hydrogen (secondary N) is 1. The number of nitrogens with zero attached hydrogens (tertiary/aromatic N) is 1. The lowest BCUT2D eigenvalue weighted by molar-refractivity contribution is 0.0202. The number of anilines is 1. The minimum Gasteiger partial charge on any atom is -0.374 e. The molecule has 0 aromatic heterocycles. The van der Waals surface area contributed by atoms with Gasteiger partial charge in [0.15, 0.2) is 0 Å². The average molecular weight is 256 g/mol. The number of rotatable bonds is 5. The molecule has 0 saturated heterocycles. The zero-order valence-electron chi connectivity index (χ0n) is 10.2. The van der Waals surface area contributed by atoms with E-state index in [1.54, 1.807) is 0 Å². The van der Waals surface area contributed by atoms with Gasteiger partial charge in [-0.25, -0.2) is 8.78 Å². The number of para-hydroxylation sites is 1. The molecule has 0 radical (unpaired) electrons. The number of hydrogen-bond acceptors (Lipinski definition) is 3. The van der Waals surface area contributed by atoms with Crippen LogP contribution in [0.5, 0.6) is 0 Å². The first kappa shape index (κ1) is 13.2. The van der Waals surface area contributed by atoms with E-state index in [1.807, 2.05) is 12.1 Å². The van der Waals surface area contributed by atoms with Crippen molar-refractivity contribution in [1.82, 2.24) is 5.32 Å². The molecule has 0 aliphatic carbocycles. The van der Waals surface area contributed by atoms with Gasteiger partial charge in [0.05, 0.1) is 6.61 Å². The van der Waals surface area contributed by atoms with Crippen molar-refractivity contribution < 1.29 is 13.5 Å². The average Bonchev–Trinajstić information content (AvgIpc) is 2.57. The fraction of sp³-hybridized carbons (Fsp3) is 0.538. The molecular formula is C13H18F2N2O. The molecule has 0 unspecified atom stereocenters. The van der Waals surface area contributed by atoms with Crippen molar-refractivity contribution >= 4 is 5.69 Å². The van der Waals surface area contributed by atoms with Gasteiger partial charge in [0.1, 0.15) is 6.61 Å². The lowest BCUT2D eigenvalue weighted by Gasteiger charge is -2.24. The van der Waals surface area contributed by atoms with Gasteiger partial charge < -0.3 is 15.0 Å². The summed E-state index contributed by atoms with van der Waals surface area (Å²) in [5, 5.41) is 3.34. The van der Waals surface area contributed by atoms with Gasteiger partial charge in [-0.1, -0.05) is 18.2 Å². The van der Waals surface area contributed by atoms with Crippen LogP contribution in [0, 0.1) is 0 Å². The van der Waals surface area contributed by atoms with Crippen molar-refractivity contribution in [3.63, 3.8) is 0 Å². The summed E-state index contributed by atoms with van der Waals surface area (Å²) in [4.78, 5) is 2.18. The van der Waals surface area contributed by atoms with Gasteiger partial charge in [0.2, 0.25) is 0 Å². The molecule has 2 rings (SSSR count). The Balaban J connectivity index is 1.91. The molecular weight excluding hydrogens is 238 g/mol. The van der Waals surface area contributed by atoms with E-state index < -0.39 is 13.0 Å². The Kier molecular flexibility index (Phi) is 4.90. The Hall–Kier alpha value is -1.20. The van der Waals surface area contributed by atoms with Gasteiger partial charge in [0.25, 0.3) is 6.43 Å². The number of hydrogen-bond donors (Lipinski definition) is 1. The van der Waals surface area contributed by atoms with Crippen LogP contribution in [-0.4, -0.2) is 39.3 Å². The molecule has 1 aliphatic rings. The molecule has 5 heteroatoms. The standard InChI is InChI=1S/C13H18F2N2O/c14-13(15)10-18-8-7-17-6-5-16-9-11-3-1-2-4-12(11)17/h1-4,13,16H,5-10H2. The van der Waals surface area contributed by atoms with Crippen molar-refractivity contribution in [1.29, 1.82) is 0 Å². The monoisotopic (exact) mass is 256 g/mol. The smallest absolute Gasteiger partial charge is 0.261 e. The van der Waals surface area contributed by atoms with Crippen LogP contribution in [0.3, 0.4) is 0 Å². The van der Waals surface area contributed by atoms with Crippen LogP contribution in [-0.2, 0) is 11.3 Å². The van der Waals surface area contributed by atoms with Gasteiger partial charge in [-0.3, -0.25) is 0 Å². The van der Waals surface area contributed by atoms with Crippen LogP contribution >= 0.6 is 0 Å². The minimum atomic E-state index is -2.39. The Labute approximate surface area is 106 Å². The lowest BCUT2D eigenvalue weighted by Crippen LogP contribution is -2.32. The number of fused-ring (bicyclic) bond motifs is 1. The Morgan fingerprint density at radius 2 is 2.17 bits per heavy atom. The van der Waals surface area contributed by atoms with Gasteiger partial charge in [-0.15, -0.1) is 0 Å². The van der Waals surface area contributed by atoms with Crippen LogP contribution in [0.4, 0.5) is 14.5 Å². The highest BCUT2D eigenvalue weighted by atomic mass is 19.3. The topological polar surface area (TPSA) is 24.5 Å². The summed E-state index contributed by atoms with van der Waals surface area (Å²) in [6, 6.07) is 8.16. The van der Waals surface area contributed by atoms with E-state index in [0.717, 1.165) is 19.6 Å². The second-order valence-electron chi connectivity index (χ2n) is 4.26. The van der Waals surface area contributed by atoms with Gasteiger partial charge in [-0.05, 0) is 11.6 Å². The molecule has 3 nitrogen and oxygen atoms in total. The Morgan fingerprint density at radius 1 is 1.33 bits per heavy atom. The first-order chi connectivity index (χ1) is 8.77. The fourth-order valence-corrected chi connectivity index (χ4v) is 2.11. The number of benzene rings is 1. The normalized spacial score (nSPS) is 15.6. The molecule has 0 spiro atoms. The molecule has 1 aromatic rings. The molecule has 18 heavy (non-hydrogen) atoms. The van der Waals surface area contributed by atoms with E-state index in [9.17, 15) is 8.78 Å². The Bertz CT molecular complexity index is 374. The summed E-state index contributed by atoms with van der Waals surface area (Å²) < 4.78 is 28.9. The van der Waals surface area contributed by atoms with E-state index in [-0.39, 0.29) is 0 Å². The van der Waals surface area contributed by atoms with Crippen molar-refractivity contribution in [3.8, 4) is 0 Å². The third-order valence-electron chi connectivity index (χ3n) is 2.96. The third kappa shape index (κ3) is 3.65. The van der Waals surface area contributed by atoms with Crippen LogP contribution in [0.25, 0.3) is 0 Å². The molecule has 0 bridgehead atoms. The third-order valence-corrected chi connectivity index (χ3v) is 2.96. The summed E-state index contributed by atoms with van der Waals surface area (Å²) in [6.07, 6.45) is -2.39. The van der Waals surface area contributed by atoms with Gasteiger partial charge >= 0.3 is 0 Å². The molecule has 1 aromatic carbocycles. The predicted octanol–water partition coefficient (Wildman–Crippen LogP) is 1.88. The SMILES string of the molecule is FC(F)COCCN1CCNCc2ccccc21. The van der Waals surface area contributed by atoms with Gasteiger partial charge in [-0.2, -0.15) is 0 Å². The van der Waals surface area contributed by atoms with Crippen molar-refractivity contribution in [2.75, 3.05) is 37.7 Å². The van der Waals surface area contributed by atoms with E-state index in [4.69, 9.17) is 4.74 Å². The summed E-state index contributed by atoms with van der Waals surface area (Å²) >= 11 is 0. The van der Waals surface area contributed by atoms with Crippen LogP contribution < -0.4 is 10.2 Å². The molecule has 100 valence electrons. The summed E-state index contributed by atoms with van der Waals surface area (Å²) in [5.41, 5.74) is 2.41. The van der Waals surface area contributed by atoms with E-state index >= 15 is 0 Å². The Morgan fingerprint density at radius 3 is 3.00 bits per heavy atom. The maximum atomic E-state index is 12.0. The number of alkyl halides is 2. The zero-order chi connectivity index (χ0) is 12.8. The quantitative estimate of drug-likeness (QED) is 0.814. The summed E-state index contributed by atoms with van der Waals surface area (Å²) in [5.74, 6) is 0. The minimum absolute atomic E-state index is 0.332. The van der Waals surface area contributed by atoms with Gasteiger partial charge in [0, 0.05) is 31.9 Å². The first-order valence-corrected chi connectivity index (χ1v) is 6.17. The van der Waals surface area contributed by atoms with Crippen molar-refractivity contribution in [3.05, 3.63) is 29.8 Å². The van der Waals surface area contributed by atoms with Crippen molar-refractivity contribution in [2.45, 2.75) is 13.0 Å². The second kappa shape index (κ2) is 6.66.